The van der Waals surface area contributed by atoms with Gasteiger partial charge < -0.3 is 20.8 Å². The van der Waals surface area contributed by atoms with Crippen LogP contribution in [0.3, 0.4) is 0 Å². The van der Waals surface area contributed by atoms with E-state index in [-0.39, 0.29) is 21.7 Å². The van der Waals surface area contributed by atoms with Crippen LogP contribution in [0.25, 0.3) is 10.8 Å². The molecule has 86 valence electrons. The van der Waals surface area contributed by atoms with Crippen molar-refractivity contribution in [3.63, 3.8) is 0 Å². The molecule has 0 aliphatic rings. The van der Waals surface area contributed by atoms with Gasteiger partial charge in [0, 0.05) is 0 Å². The first-order valence-electron chi connectivity index (χ1n) is 5.19. The summed E-state index contributed by atoms with van der Waals surface area (Å²) in [7, 11) is 0. The van der Waals surface area contributed by atoms with Crippen LogP contribution in [0, 0.1) is 20.8 Å². The first-order chi connectivity index (χ1) is 7.47. The van der Waals surface area contributed by atoms with E-state index in [1.54, 1.807) is 20.8 Å². The van der Waals surface area contributed by atoms with E-state index >= 15 is 0 Å². The van der Waals surface area contributed by atoms with Gasteiger partial charge in [0.2, 0.25) is 0 Å². The van der Waals surface area contributed by atoms with Gasteiger partial charge in [-0.25, -0.2) is 0 Å². The van der Waals surface area contributed by atoms with Gasteiger partial charge in [-0.15, -0.1) is 29.7 Å². The van der Waals surface area contributed by atoms with Crippen LogP contribution >= 0.6 is 0 Å². The third kappa shape index (κ3) is 7.79. The van der Waals surface area contributed by atoms with Crippen molar-refractivity contribution in [3.8, 4) is 0 Å². The summed E-state index contributed by atoms with van der Waals surface area (Å²) in [5.74, 6) is 0. The molecule has 0 radical (unpaired) electrons. The summed E-state index contributed by atoms with van der Waals surface area (Å²) in [5.41, 5.74) is 0. The maximum Gasteiger partial charge on any atom is 4.00 e. The molecule has 1 heteroatoms. The molecule has 0 unspecified atom stereocenters. The molecule has 0 nitrogen and oxygen atoms in total. The van der Waals surface area contributed by atoms with Gasteiger partial charge in [0.1, 0.15) is 0 Å². The Balaban J connectivity index is -0.000000214. The van der Waals surface area contributed by atoms with Crippen LogP contribution in [0.2, 0.25) is 0 Å². The van der Waals surface area contributed by atoms with Crippen LogP contribution in [0.5, 0.6) is 0 Å². The molecule has 0 aliphatic heterocycles. The molecule has 2 aromatic rings. The van der Waals surface area contributed by atoms with Gasteiger partial charge >= 0.3 is 21.7 Å². The van der Waals surface area contributed by atoms with Gasteiger partial charge in [0.05, 0.1) is 0 Å². The average Bonchev–Trinajstić information content (AvgIpc) is 2.85. The van der Waals surface area contributed by atoms with Gasteiger partial charge in [-0.1, -0.05) is 6.07 Å². The Morgan fingerprint density at radius 2 is 1.31 bits per heavy atom. The minimum atomic E-state index is 0. The van der Waals surface area contributed by atoms with E-state index in [1.807, 2.05) is 0 Å². The summed E-state index contributed by atoms with van der Waals surface area (Å²) in [5, 5.41) is 2.66. The third-order valence-electron chi connectivity index (χ3n) is 1.55. The van der Waals surface area contributed by atoms with Crippen LogP contribution in [0.1, 0.15) is 20.8 Å². The van der Waals surface area contributed by atoms with Crippen molar-refractivity contribution in [1.29, 1.82) is 0 Å². The van der Waals surface area contributed by atoms with Gasteiger partial charge in [-0.3, -0.25) is 0 Å². The maximum atomic E-state index is 3.25. The molecule has 2 rings (SSSR count). The molecule has 0 fully saturated rings. The van der Waals surface area contributed by atoms with Gasteiger partial charge in [0.15, 0.2) is 0 Å². The number of fused-ring (bicyclic) bond motifs is 1. The second-order valence-corrected chi connectivity index (χ2v) is 2.15. The molecule has 0 saturated heterocycles. The van der Waals surface area contributed by atoms with Crippen molar-refractivity contribution >= 4 is 10.8 Å². The van der Waals surface area contributed by atoms with Crippen LogP contribution in [0.4, 0.5) is 0 Å². The first kappa shape index (κ1) is 20.9. The molecule has 0 N–H and O–H groups in total. The summed E-state index contributed by atoms with van der Waals surface area (Å²) in [4.78, 5) is 0. The fraction of sp³-hybridized carbons (Fsp3) is 0.200. The largest absolute Gasteiger partial charge is 4.00 e. The Hall–Kier alpha value is -0.456. The zero-order chi connectivity index (χ0) is 12.1. The van der Waals surface area contributed by atoms with E-state index in [1.165, 1.54) is 10.8 Å². The zero-order valence-electron chi connectivity index (χ0n) is 10.7. The molecular formula is C15H22Ti. The summed E-state index contributed by atoms with van der Waals surface area (Å²) in [6.45, 7) is 15.0. The van der Waals surface area contributed by atoms with Crippen molar-refractivity contribution < 1.29 is 21.7 Å². The fourth-order valence-electron chi connectivity index (χ4n) is 1.07. The summed E-state index contributed by atoms with van der Waals surface area (Å²) in [6.07, 6.45) is 0. The minimum absolute atomic E-state index is 0. The van der Waals surface area contributed by atoms with Crippen molar-refractivity contribution in [3.05, 3.63) is 63.2 Å². The predicted molar refractivity (Wildman–Crippen MR) is 72.6 cm³/mol. The van der Waals surface area contributed by atoms with Crippen molar-refractivity contribution in [2.24, 2.45) is 0 Å². The van der Waals surface area contributed by atoms with Crippen LogP contribution in [0.15, 0.2) is 42.5 Å². The summed E-state index contributed by atoms with van der Waals surface area (Å²) >= 11 is 0. The number of hydrogen-bond donors (Lipinski definition) is 0. The molecule has 0 saturated carbocycles. The quantitative estimate of drug-likeness (QED) is 0.452. The standard InChI is InChI=1S/C9H7.3C2H5.Ti/c1-2-5-9-7-3-6-8(9)4-1;3*1-2;/h1-7H;3*1H2,2H3;/q4*-1;+4. The second-order valence-electron chi connectivity index (χ2n) is 2.15. The van der Waals surface area contributed by atoms with E-state index in [0.717, 1.165) is 0 Å². The monoisotopic (exact) mass is 250 g/mol. The van der Waals surface area contributed by atoms with E-state index in [2.05, 4.69) is 63.2 Å². The first-order valence-corrected chi connectivity index (χ1v) is 5.19. The minimum Gasteiger partial charge on any atom is -0.346 e. The molecule has 0 bridgehead atoms. The van der Waals surface area contributed by atoms with Crippen LogP contribution in [-0.4, -0.2) is 0 Å². The van der Waals surface area contributed by atoms with Gasteiger partial charge in [0.25, 0.3) is 0 Å². The maximum absolute atomic E-state index is 3.25. The molecule has 0 atom stereocenters. The van der Waals surface area contributed by atoms with E-state index < -0.39 is 0 Å². The van der Waals surface area contributed by atoms with Gasteiger partial charge in [-0.2, -0.15) is 38.3 Å². The number of rotatable bonds is 0. The Morgan fingerprint density at radius 1 is 0.812 bits per heavy atom. The smallest absolute Gasteiger partial charge is 0.346 e. The average molecular weight is 250 g/mol. The molecule has 0 aromatic heterocycles. The predicted octanol–water partition coefficient (Wildman–Crippen LogP) is 5.08. The SMILES string of the molecule is [CH2-]C.[CH2-]C.[CH2-]C.[Ti+4].c1ccc2[cH-]ccc2c1. The summed E-state index contributed by atoms with van der Waals surface area (Å²) in [6, 6.07) is 14.7. The summed E-state index contributed by atoms with van der Waals surface area (Å²) < 4.78 is 0. The Kier molecular flexibility index (Phi) is 22.1. The van der Waals surface area contributed by atoms with Crippen LogP contribution in [-0.2, 0) is 21.7 Å². The zero-order valence-corrected chi connectivity index (χ0v) is 12.2. The normalized spacial score (nSPS) is 6.88. The van der Waals surface area contributed by atoms with Crippen molar-refractivity contribution in [2.45, 2.75) is 20.8 Å². The molecular weight excluding hydrogens is 228 g/mol. The number of benzene rings is 1. The topological polar surface area (TPSA) is 0 Å². The molecule has 16 heavy (non-hydrogen) atoms. The van der Waals surface area contributed by atoms with E-state index in [4.69, 9.17) is 0 Å². The molecule has 0 heterocycles. The second kappa shape index (κ2) is 17.0. The fourth-order valence-corrected chi connectivity index (χ4v) is 1.07. The molecule has 0 amide bonds. The van der Waals surface area contributed by atoms with Crippen molar-refractivity contribution in [1.82, 2.24) is 0 Å². The van der Waals surface area contributed by atoms with E-state index in [0.29, 0.717) is 0 Å². The van der Waals surface area contributed by atoms with Crippen molar-refractivity contribution in [2.75, 3.05) is 0 Å². The van der Waals surface area contributed by atoms with E-state index in [9.17, 15) is 0 Å². The van der Waals surface area contributed by atoms with Gasteiger partial charge in [-0.05, 0) is 0 Å². The Bertz CT molecular complexity index is 279. The molecule has 0 aliphatic carbocycles. The Labute approximate surface area is 116 Å². The Morgan fingerprint density at radius 3 is 1.81 bits per heavy atom. The van der Waals surface area contributed by atoms with Crippen LogP contribution < -0.4 is 0 Å². The number of hydrogen-bond acceptors (Lipinski definition) is 0. The molecule has 0 spiro atoms. The molecule has 2 aromatic carbocycles. The third-order valence-corrected chi connectivity index (χ3v) is 1.55.